The number of carbonyl (C=O) groups excluding carboxylic acids is 1. The fourth-order valence-electron chi connectivity index (χ4n) is 1.68. The van der Waals surface area contributed by atoms with Gasteiger partial charge in [0.1, 0.15) is 5.75 Å². The zero-order chi connectivity index (χ0) is 13.0. The van der Waals surface area contributed by atoms with Crippen LogP contribution in [0.15, 0.2) is 54.6 Å². The fourth-order valence-corrected chi connectivity index (χ4v) is 1.68. The third-order valence-electron chi connectivity index (χ3n) is 2.89. The Hall–Kier alpha value is -2.09. The molecule has 0 aromatic heterocycles. The summed E-state index contributed by atoms with van der Waals surface area (Å²) < 4.78 is 5.32. The lowest BCUT2D eigenvalue weighted by atomic mass is 10.0. The van der Waals surface area contributed by atoms with Gasteiger partial charge in [0.25, 0.3) is 0 Å². The molecule has 2 aromatic carbocycles. The first-order valence-electron chi connectivity index (χ1n) is 6.00. The van der Waals surface area contributed by atoms with Crippen LogP contribution in [0.4, 0.5) is 0 Å². The van der Waals surface area contributed by atoms with Gasteiger partial charge in [-0.25, -0.2) is 0 Å². The maximum atomic E-state index is 12.0. The molecule has 2 rings (SSSR count). The lowest BCUT2D eigenvalue weighted by molar-refractivity contribution is -0.135. The molecule has 0 bridgehead atoms. The van der Waals surface area contributed by atoms with Crippen LogP contribution in [-0.2, 0) is 4.79 Å². The predicted molar refractivity (Wildman–Crippen MR) is 71.7 cm³/mol. The molecule has 0 saturated carbocycles. The van der Waals surface area contributed by atoms with E-state index in [2.05, 4.69) is 0 Å². The first-order chi connectivity index (χ1) is 8.66. The van der Waals surface area contributed by atoms with E-state index in [1.54, 1.807) is 12.1 Å². The summed E-state index contributed by atoms with van der Waals surface area (Å²) in [4.78, 5) is 12.0. The molecule has 0 radical (unpaired) electrons. The van der Waals surface area contributed by atoms with E-state index < -0.39 is 0 Å². The van der Waals surface area contributed by atoms with Crippen molar-refractivity contribution in [2.45, 2.75) is 19.8 Å². The van der Waals surface area contributed by atoms with Gasteiger partial charge in [0, 0.05) is 0 Å². The highest BCUT2D eigenvalue weighted by molar-refractivity contribution is 5.79. The number of ether oxygens (including phenoxy) is 1. The second-order valence-corrected chi connectivity index (χ2v) is 4.37. The Kier molecular flexibility index (Phi) is 3.78. The molecule has 0 amide bonds. The van der Waals surface area contributed by atoms with Gasteiger partial charge in [-0.15, -0.1) is 0 Å². The Labute approximate surface area is 107 Å². The maximum absolute atomic E-state index is 12.0. The Bertz CT molecular complexity index is 515. The molecule has 2 nitrogen and oxygen atoms in total. The number of benzene rings is 2. The van der Waals surface area contributed by atoms with Gasteiger partial charge in [-0.3, -0.25) is 4.79 Å². The van der Waals surface area contributed by atoms with Crippen molar-refractivity contribution in [1.29, 1.82) is 0 Å². The van der Waals surface area contributed by atoms with Gasteiger partial charge < -0.3 is 4.74 Å². The van der Waals surface area contributed by atoms with E-state index in [9.17, 15) is 4.79 Å². The minimum atomic E-state index is -0.259. The molecular weight excluding hydrogens is 224 g/mol. The van der Waals surface area contributed by atoms with Crippen molar-refractivity contribution < 1.29 is 9.53 Å². The van der Waals surface area contributed by atoms with Crippen LogP contribution in [0.1, 0.15) is 24.0 Å². The van der Waals surface area contributed by atoms with E-state index in [4.69, 9.17) is 4.74 Å². The normalized spacial score (nSPS) is 11.9. The van der Waals surface area contributed by atoms with Gasteiger partial charge in [-0.1, -0.05) is 48.0 Å². The van der Waals surface area contributed by atoms with E-state index in [1.807, 2.05) is 56.3 Å². The van der Waals surface area contributed by atoms with Crippen molar-refractivity contribution in [3.05, 3.63) is 65.7 Å². The second kappa shape index (κ2) is 5.50. The first-order valence-corrected chi connectivity index (χ1v) is 6.00. The molecule has 0 saturated heterocycles. The Morgan fingerprint density at radius 1 is 1.00 bits per heavy atom. The highest BCUT2D eigenvalue weighted by atomic mass is 16.5. The zero-order valence-corrected chi connectivity index (χ0v) is 10.6. The number of rotatable bonds is 3. The zero-order valence-electron chi connectivity index (χ0n) is 10.6. The number of para-hydroxylation sites is 1. The van der Waals surface area contributed by atoms with Crippen molar-refractivity contribution in [3.8, 4) is 5.75 Å². The monoisotopic (exact) mass is 240 g/mol. The third-order valence-corrected chi connectivity index (χ3v) is 2.89. The summed E-state index contributed by atoms with van der Waals surface area (Å²) in [5.74, 6) is 0.0947. The predicted octanol–water partition coefficient (Wildman–Crippen LogP) is 3.70. The van der Waals surface area contributed by atoms with Crippen LogP contribution in [-0.4, -0.2) is 5.97 Å². The summed E-state index contributed by atoms with van der Waals surface area (Å²) in [7, 11) is 0. The van der Waals surface area contributed by atoms with E-state index in [1.165, 1.54) is 5.56 Å². The first kappa shape index (κ1) is 12.4. The Morgan fingerprint density at radius 2 is 1.61 bits per heavy atom. The summed E-state index contributed by atoms with van der Waals surface area (Å²) in [5, 5.41) is 0. The molecule has 0 spiro atoms. The van der Waals surface area contributed by atoms with Crippen molar-refractivity contribution in [1.82, 2.24) is 0 Å². The highest BCUT2D eigenvalue weighted by Gasteiger charge is 2.17. The standard InChI is InChI=1S/C16H16O2/c1-12-8-10-14(11-9-12)13(2)16(17)18-15-6-4-3-5-7-15/h3-11,13H,1-2H3. The minimum Gasteiger partial charge on any atom is -0.426 e. The molecule has 0 aliphatic carbocycles. The Morgan fingerprint density at radius 3 is 2.22 bits per heavy atom. The van der Waals surface area contributed by atoms with Crippen molar-refractivity contribution in [2.75, 3.05) is 0 Å². The van der Waals surface area contributed by atoms with Crippen LogP contribution in [0.2, 0.25) is 0 Å². The van der Waals surface area contributed by atoms with E-state index in [-0.39, 0.29) is 11.9 Å². The quantitative estimate of drug-likeness (QED) is 0.604. The third kappa shape index (κ3) is 2.98. The van der Waals surface area contributed by atoms with Crippen molar-refractivity contribution in [2.24, 2.45) is 0 Å². The molecule has 0 heterocycles. The van der Waals surface area contributed by atoms with Gasteiger partial charge >= 0.3 is 5.97 Å². The molecule has 0 fully saturated rings. The van der Waals surface area contributed by atoms with Crippen LogP contribution < -0.4 is 4.74 Å². The van der Waals surface area contributed by atoms with Crippen LogP contribution in [0.25, 0.3) is 0 Å². The van der Waals surface area contributed by atoms with E-state index in [0.717, 1.165) is 5.56 Å². The highest BCUT2D eigenvalue weighted by Crippen LogP contribution is 2.19. The molecule has 2 aromatic rings. The number of esters is 1. The summed E-state index contributed by atoms with van der Waals surface area (Å²) in [6.45, 7) is 3.88. The Balaban J connectivity index is 2.07. The summed E-state index contributed by atoms with van der Waals surface area (Å²) in [5.41, 5.74) is 2.16. The molecule has 0 aliphatic heterocycles. The van der Waals surface area contributed by atoms with Gasteiger partial charge in [0.2, 0.25) is 0 Å². The molecule has 92 valence electrons. The van der Waals surface area contributed by atoms with E-state index >= 15 is 0 Å². The molecule has 18 heavy (non-hydrogen) atoms. The van der Waals surface area contributed by atoms with Crippen molar-refractivity contribution in [3.63, 3.8) is 0 Å². The van der Waals surface area contributed by atoms with Gasteiger partial charge in [0.05, 0.1) is 5.92 Å². The summed E-state index contributed by atoms with van der Waals surface area (Å²) >= 11 is 0. The minimum absolute atomic E-state index is 0.231. The van der Waals surface area contributed by atoms with Gasteiger partial charge in [0.15, 0.2) is 0 Å². The van der Waals surface area contributed by atoms with Crippen LogP contribution in [0, 0.1) is 6.92 Å². The lowest BCUT2D eigenvalue weighted by Gasteiger charge is -2.11. The van der Waals surface area contributed by atoms with Gasteiger partial charge in [-0.2, -0.15) is 0 Å². The SMILES string of the molecule is Cc1ccc(C(C)C(=O)Oc2ccccc2)cc1. The molecular formula is C16H16O2. The summed E-state index contributed by atoms with van der Waals surface area (Å²) in [6.07, 6.45) is 0. The van der Waals surface area contributed by atoms with Gasteiger partial charge in [-0.05, 0) is 31.5 Å². The molecule has 1 unspecified atom stereocenters. The number of hydrogen-bond acceptors (Lipinski definition) is 2. The number of carbonyl (C=O) groups is 1. The number of hydrogen-bond donors (Lipinski definition) is 0. The van der Waals surface area contributed by atoms with Crippen LogP contribution in [0.5, 0.6) is 5.75 Å². The van der Waals surface area contributed by atoms with Crippen LogP contribution >= 0.6 is 0 Å². The smallest absolute Gasteiger partial charge is 0.318 e. The van der Waals surface area contributed by atoms with Crippen LogP contribution in [0.3, 0.4) is 0 Å². The molecule has 1 atom stereocenters. The number of aryl methyl sites for hydroxylation is 1. The summed E-state index contributed by atoms with van der Waals surface area (Å²) in [6, 6.07) is 17.1. The van der Waals surface area contributed by atoms with E-state index in [0.29, 0.717) is 5.75 Å². The average molecular weight is 240 g/mol. The average Bonchev–Trinajstić information content (AvgIpc) is 2.40. The topological polar surface area (TPSA) is 26.3 Å². The molecule has 0 aliphatic rings. The van der Waals surface area contributed by atoms with Crippen molar-refractivity contribution >= 4 is 5.97 Å². The maximum Gasteiger partial charge on any atom is 0.318 e. The lowest BCUT2D eigenvalue weighted by Crippen LogP contribution is -2.16. The second-order valence-electron chi connectivity index (χ2n) is 4.37. The largest absolute Gasteiger partial charge is 0.426 e. The fraction of sp³-hybridized carbons (Fsp3) is 0.188. The molecule has 0 N–H and O–H groups in total. The molecule has 2 heteroatoms.